The molecule has 0 bridgehead atoms. The predicted molar refractivity (Wildman–Crippen MR) is 58.4 cm³/mol. The minimum Gasteiger partial charge on any atom is -0.0932 e. The molecular weight excluding hydrogens is 164 g/mol. The molecule has 0 aliphatic heterocycles. The van der Waals surface area contributed by atoms with Gasteiger partial charge < -0.3 is 0 Å². The highest BCUT2D eigenvalue weighted by Gasteiger charge is 2.09. The average Bonchev–Trinajstić information content (AvgIpc) is 2.09. The molecule has 0 nitrogen and oxygen atoms in total. The van der Waals surface area contributed by atoms with Crippen LogP contribution in [-0.2, 0) is 0 Å². The molecule has 0 radical (unpaired) electrons. The van der Waals surface area contributed by atoms with Crippen molar-refractivity contribution in [1.29, 1.82) is 0 Å². The van der Waals surface area contributed by atoms with Crippen LogP contribution in [0.5, 0.6) is 0 Å². The Morgan fingerprint density at radius 3 is 3.00 bits per heavy atom. The smallest absolute Gasteiger partial charge is 0.0151 e. The molecule has 0 saturated heterocycles. The third-order valence-electron chi connectivity index (χ3n) is 2.28. The van der Waals surface area contributed by atoms with E-state index >= 15 is 0 Å². The Bertz CT molecular complexity index is 213. The van der Waals surface area contributed by atoms with Gasteiger partial charge in [-0.05, 0) is 37.0 Å². The topological polar surface area (TPSA) is 0 Å². The van der Waals surface area contributed by atoms with Gasteiger partial charge in [-0.2, -0.15) is 0 Å². The van der Waals surface area contributed by atoms with Gasteiger partial charge in [0.25, 0.3) is 0 Å². The highest BCUT2D eigenvalue weighted by molar-refractivity contribution is 7.79. The summed E-state index contributed by atoms with van der Waals surface area (Å²) in [4.78, 5) is 0. The second kappa shape index (κ2) is 4.56. The van der Waals surface area contributed by atoms with Gasteiger partial charge in [-0.25, -0.2) is 0 Å². The highest BCUT2D eigenvalue weighted by Crippen LogP contribution is 2.22. The van der Waals surface area contributed by atoms with Crippen LogP contribution in [0.2, 0.25) is 0 Å². The summed E-state index contributed by atoms with van der Waals surface area (Å²) in [6.07, 6.45) is 9.22. The third-order valence-corrected chi connectivity index (χ3v) is 2.75. The molecule has 0 aromatic carbocycles. The molecule has 0 N–H and O–H groups in total. The fourth-order valence-corrected chi connectivity index (χ4v) is 1.59. The molecule has 0 heterocycles. The maximum Gasteiger partial charge on any atom is -0.0151 e. The Balaban J connectivity index is 2.38. The van der Waals surface area contributed by atoms with E-state index in [1.165, 1.54) is 18.4 Å². The van der Waals surface area contributed by atoms with E-state index in [-0.39, 0.29) is 0 Å². The lowest BCUT2D eigenvalue weighted by atomic mass is 9.90. The number of thiocarbonyl (C=S) groups is 1. The van der Waals surface area contributed by atoms with Gasteiger partial charge in [0.1, 0.15) is 0 Å². The molecule has 2 unspecified atom stereocenters. The predicted octanol–water partition coefficient (Wildman–Crippen LogP) is 3.53. The van der Waals surface area contributed by atoms with Crippen molar-refractivity contribution in [1.82, 2.24) is 0 Å². The van der Waals surface area contributed by atoms with Crippen molar-refractivity contribution in [3.8, 4) is 0 Å². The first-order valence-corrected chi connectivity index (χ1v) is 4.99. The van der Waals surface area contributed by atoms with E-state index in [1.54, 1.807) is 0 Å². The molecular formula is C11H16S. The SMILES string of the molecule is CC1=CCC(CC(C)C=S)C=C1. The Hall–Kier alpha value is -0.430. The largest absolute Gasteiger partial charge is 0.0932 e. The molecule has 0 fully saturated rings. The van der Waals surface area contributed by atoms with Crippen LogP contribution in [0, 0.1) is 11.8 Å². The van der Waals surface area contributed by atoms with Crippen molar-refractivity contribution in [2.75, 3.05) is 0 Å². The molecule has 66 valence electrons. The molecule has 1 heteroatoms. The van der Waals surface area contributed by atoms with Gasteiger partial charge >= 0.3 is 0 Å². The Morgan fingerprint density at radius 1 is 1.75 bits per heavy atom. The van der Waals surface area contributed by atoms with Crippen molar-refractivity contribution in [2.24, 2.45) is 11.8 Å². The normalized spacial score (nSPS) is 24.8. The lowest BCUT2D eigenvalue weighted by Crippen LogP contribution is -2.05. The third kappa shape index (κ3) is 2.90. The minimum atomic E-state index is 0.571. The second-order valence-corrected chi connectivity index (χ2v) is 3.92. The van der Waals surface area contributed by atoms with E-state index in [1.807, 2.05) is 5.37 Å². The van der Waals surface area contributed by atoms with E-state index in [2.05, 4.69) is 32.1 Å². The molecule has 1 rings (SSSR count). The second-order valence-electron chi connectivity index (χ2n) is 3.65. The zero-order valence-corrected chi connectivity index (χ0v) is 8.60. The first-order chi connectivity index (χ1) is 5.72. The van der Waals surface area contributed by atoms with Gasteiger partial charge in [-0.15, -0.1) is 0 Å². The van der Waals surface area contributed by atoms with Crippen LogP contribution >= 0.6 is 12.2 Å². The Labute approximate surface area is 80.4 Å². The molecule has 2 atom stereocenters. The summed E-state index contributed by atoms with van der Waals surface area (Å²) in [5.41, 5.74) is 1.39. The van der Waals surface area contributed by atoms with E-state index in [9.17, 15) is 0 Å². The van der Waals surface area contributed by atoms with Gasteiger partial charge in [-0.3, -0.25) is 0 Å². The summed E-state index contributed by atoms with van der Waals surface area (Å²) < 4.78 is 0. The molecule has 0 aromatic heterocycles. The first kappa shape index (κ1) is 9.66. The van der Waals surface area contributed by atoms with Crippen LogP contribution in [0.25, 0.3) is 0 Å². The molecule has 0 spiro atoms. The van der Waals surface area contributed by atoms with Crippen molar-refractivity contribution in [2.45, 2.75) is 26.7 Å². The Kier molecular flexibility index (Phi) is 3.67. The van der Waals surface area contributed by atoms with Crippen molar-refractivity contribution in [3.63, 3.8) is 0 Å². The summed E-state index contributed by atoms with van der Waals surface area (Å²) in [6.45, 7) is 4.33. The van der Waals surface area contributed by atoms with Gasteiger partial charge in [0.15, 0.2) is 0 Å². The van der Waals surface area contributed by atoms with Crippen LogP contribution in [0.4, 0.5) is 0 Å². The standard InChI is InChI=1S/C11H16S/c1-9-3-5-11(6-4-9)7-10(2)8-12/h3-5,8,10-11H,6-7H2,1-2H3. The van der Waals surface area contributed by atoms with E-state index in [4.69, 9.17) is 12.2 Å². The van der Waals surface area contributed by atoms with Crippen LogP contribution in [0.3, 0.4) is 0 Å². The molecule has 12 heavy (non-hydrogen) atoms. The van der Waals surface area contributed by atoms with Gasteiger partial charge in [-0.1, -0.05) is 42.9 Å². The van der Waals surface area contributed by atoms with Crippen molar-refractivity contribution < 1.29 is 0 Å². The molecule has 1 aliphatic rings. The van der Waals surface area contributed by atoms with E-state index in [0.717, 1.165) is 0 Å². The zero-order valence-electron chi connectivity index (χ0n) is 7.79. The van der Waals surface area contributed by atoms with Gasteiger partial charge in [0, 0.05) is 0 Å². The summed E-state index contributed by atoms with van der Waals surface area (Å²) in [5, 5.41) is 1.87. The van der Waals surface area contributed by atoms with Crippen LogP contribution in [-0.4, -0.2) is 5.37 Å². The summed E-state index contributed by atoms with van der Waals surface area (Å²) >= 11 is 4.90. The fraction of sp³-hybridized carbons (Fsp3) is 0.545. The quantitative estimate of drug-likeness (QED) is 0.599. The van der Waals surface area contributed by atoms with Crippen molar-refractivity contribution >= 4 is 17.6 Å². The molecule has 0 amide bonds. The van der Waals surface area contributed by atoms with Crippen molar-refractivity contribution in [3.05, 3.63) is 23.8 Å². The Morgan fingerprint density at radius 2 is 2.50 bits per heavy atom. The summed E-state index contributed by atoms with van der Waals surface area (Å²) in [6, 6.07) is 0. The number of allylic oxidation sites excluding steroid dienone is 4. The van der Waals surface area contributed by atoms with Crippen LogP contribution in [0.1, 0.15) is 26.7 Å². The maximum absolute atomic E-state index is 4.90. The monoisotopic (exact) mass is 180 g/mol. The van der Waals surface area contributed by atoms with Crippen LogP contribution < -0.4 is 0 Å². The molecule has 0 saturated carbocycles. The lowest BCUT2D eigenvalue weighted by molar-refractivity contribution is 0.536. The van der Waals surface area contributed by atoms with E-state index in [0.29, 0.717) is 11.8 Å². The highest BCUT2D eigenvalue weighted by atomic mass is 32.1. The maximum atomic E-state index is 4.90. The van der Waals surface area contributed by atoms with E-state index < -0.39 is 0 Å². The fourth-order valence-electron chi connectivity index (χ4n) is 1.48. The number of hydrogen-bond donors (Lipinski definition) is 0. The van der Waals surface area contributed by atoms with Gasteiger partial charge in [0.2, 0.25) is 0 Å². The zero-order chi connectivity index (χ0) is 8.97. The lowest BCUT2D eigenvalue weighted by Gasteiger charge is -2.16. The molecule has 1 aliphatic carbocycles. The summed E-state index contributed by atoms with van der Waals surface area (Å²) in [7, 11) is 0. The van der Waals surface area contributed by atoms with Crippen LogP contribution in [0.15, 0.2) is 23.8 Å². The number of rotatable bonds is 3. The summed E-state index contributed by atoms with van der Waals surface area (Å²) in [5.74, 6) is 1.28. The molecule has 0 aromatic rings. The first-order valence-electron chi connectivity index (χ1n) is 4.52. The average molecular weight is 180 g/mol. The number of hydrogen-bond acceptors (Lipinski definition) is 1. The van der Waals surface area contributed by atoms with Gasteiger partial charge in [0.05, 0.1) is 0 Å². The minimum absolute atomic E-state index is 0.571.